The summed E-state index contributed by atoms with van der Waals surface area (Å²) in [6.07, 6.45) is 3.39. The van der Waals surface area contributed by atoms with Gasteiger partial charge in [0.25, 0.3) is 5.56 Å². The number of hydrogen-bond acceptors (Lipinski definition) is 4. The van der Waals surface area contributed by atoms with E-state index in [9.17, 15) is 4.79 Å². The molecule has 0 amide bonds. The van der Waals surface area contributed by atoms with Gasteiger partial charge in [0.15, 0.2) is 5.65 Å². The normalized spacial score (nSPS) is 12.2. The molecule has 1 atom stereocenters. The highest BCUT2D eigenvalue weighted by molar-refractivity contribution is 5.76. The van der Waals surface area contributed by atoms with Crippen LogP contribution in [0.1, 0.15) is 24.5 Å². The molecule has 0 saturated heterocycles. The Morgan fingerprint density at radius 1 is 1.10 bits per heavy atom. The summed E-state index contributed by atoms with van der Waals surface area (Å²) in [5, 5.41) is 4.87. The molecule has 6 nitrogen and oxygen atoms in total. The molecule has 1 unspecified atom stereocenters. The van der Waals surface area contributed by atoms with Crippen molar-refractivity contribution in [2.24, 2.45) is 0 Å². The number of para-hydroxylation sites is 1. The van der Waals surface area contributed by atoms with Crippen LogP contribution in [0.3, 0.4) is 0 Å². The van der Waals surface area contributed by atoms with Crippen LogP contribution in [0, 0.1) is 6.92 Å². The lowest BCUT2D eigenvalue weighted by Gasteiger charge is -2.28. The highest BCUT2D eigenvalue weighted by Gasteiger charge is 2.19. The molecule has 0 bridgehead atoms. The Hall–Kier alpha value is -3.41. The zero-order chi connectivity index (χ0) is 20.4. The Kier molecular flexibility index (Phi) is 5.16. The predicted molar refractivity (Wildman–Crippen MR) is 117 cm³/mol. The summed E-state index contributed by atoms with van der Waals surface area (Å²) in [5.74, 6) is 0.555. The van der Waals surface area contributed by atoms with E-state index in [1.54, 1.807) is 10.9 Å². The van der Waals surface area contributed by atoms with Gasteiger partial charge in [-0.05, 0) is 37.5 Å². The van der Waals surface area contributed by atoms with Gasteiger partial charge in [0.1, 0.15) is 5.39 Å². The lowest BCUT2D eigenvalue weighted by atomic mass is 10.0. The molecule has 0 radical (unpaired) electrons. The van der Waals surface area contributed by atoms with Gasteiger partial charge in [-0.2, -0.15) is 10.1 Å². The molecule has 4 aromatic rings. The van der Waals surface area contributed by atoms with Crippen LogP contribution < -0.4 is 10.5 Å². The molecule has 0 aliphatic rings. The van der Waals surface area contributed by atoms with Gasteiger partial charge in [0.2, 0.25) is 5.95 Å². The summed E-state index contributed by atoms with van der Waals surface area (Å²) in [6, 6.07) is 18.5. The number of likely N-dealkylation sites (N-methyl/N-ethyl adjacent to an activating group) is 1. The molecule has 1 N–H and O–H groups in total. The zero-order valence-corrected chi connectivity index (χ0v) is 17.0. The van der Waals surface area contributed by atoms with Gasteiger partial charge >= 0.3 is 0 Å². The van der Waals surface area contributed by atoms with Gasteiger partial charge in [-0.1, -0.05) is 55.0 Å². The number of nitrogens with zero attached hydrogens (tertiary/aromatic N) is 4. The van der Waals surface area contributed by atoms with Crippen LogP contribution in [-0.4, -0.2) is 32.8 Å². The Balaban J connectivity index is 1.70. The van der Waals surface area contributed by atoms with Crippen molar-refractivity contribution in [3.05, 3.63) is 82.3 Å². The number of aromatic amines is 1. The van der Waals surface area contributed by atoms with Gasteiger partial charge in [0.05, 0.1) is 11.9 Å². The molecule has 2 aromatic heterocycles. The number of aromatic nitrogens is 4. The minimum absolute atomic E-state index is 0.177. The van der Waals surface area contributed by atoms with E-state index in [1.807, 2.05) is 37.4 Å². The number of H-pyrrole nitrogens is 1. The Labute approximate surface area is 169 Å². The molecule has 2 aromatic carbocycles. The van der Waals surface area contributed by atoms with Crippen LogP contribution in [0.4, 0.5) is 5.95 Å². The molecule has 4 rings (SSSR count). The first kappa shape index (κ1) is 18.9. The van der Waals surface area contributed by atoms with Crippen molar-refractivity contribution in [1.82, 2.24) is 19.7 Å². The zero-order valence-electron chi connectivity index (χ0n) is 17.0. The first-order valence-electron chi connectivity index (χ1n) is 9.88. The topological polar surface area (TPSA) is 66.8 Å². The average molecular weight is 387 g/mol. The van der Waals surface area contributed by atoms with Gasteiger partial charge < -0.3 is 4.90 Å². The lowest BCUT2D eigenvalue weighted by Crippen LogP contribution is -2.35. The fourth-order valence-corrected chi connectivity index (χ4v) is 3.56. The second-order valence-corrected chi connectivity index (χ2v) is 7.38. The average Bonchev–Trinajstić information content (AvgIpc) is 3.18. The molecule has 0 aliphatic heterocycles. The molecular formula is C23H25N5O. The van der Waals surface area contributed by atoms with Crippen LogP contribution in [0.15, 0.2) is 65.6 Å². The Morgan fingerprint density at radius 2 is 1.83 bits per heavy atom. The number of fused-ring (bicyclic) bond motifs is 1. The highest BCUT2D eigenvalue weighted by Crippen LogP contribution is 2.19. The van der Waals surface area contributed by atoms with Crippen LogP contribution in [0.25, 0.3) is 16.7 Å². The standard InChI is InChI=1S/C23H25N5O/c1-4-18(14-17-12-10-16(2)11-13-17)27(3)23-25-21-20(22(29)26-23)15-24-28(21)19-8-6-5-7-9-19/h5-13,15,18H,4,14H2,1-3H3,(H,25,26,29). The van der Waals surface area contributed by atoms with Crippen LogP contribution in [0.5, 0.6) is 0 Å². The third-order valence-electron chi connectivity index (χ3n) is 5.37. The second kappa shape index (κ2) is 7.91. The van der Waals surface area contributed by atoms with Crippen molar-refractivity contribution in [2.45, 2.75) is 32.7 Å². The minimum Gasteiger partial charge on any atom is -0.342 e. The van der Waals surface area contributed by atoms with E-state index in [0.717, 1.165) is 18.5 Å². The number of rotatable bonds is 6. The third-order valence-corrected chi connectivity index (χ3v) is 5.37. The summed E-state index contributed by atoms with van der Waals surface area (Å²) >= 11 is 0. The van der Waals surface area contributed by atoms with Crippen LogP contribution in [0.2, 0.25) is 0 Å². The van der Waals surface area contributed by atoms with Crippen molar-refractivity contribution in [3.8, 4) is 5.69 Å². The van der Waals surface area contributed by atoms with E-state index in [0.29, 0.717) is 17.0 Å². The SMILES string of the molecule is CCC(Cc1ccc(C)cc1)N(C)c1nc2c(cnn2-c2ccccc2)c(=O)[nH]1. The molecule has 0 fully saturated rings. The molecule has 29 heavy (non-hydrogen) atoms. The molecule has 0 spiro atoms. The summed E-state index contributed by atoms with van der Waals surface area (Å²) in [7, 11) is 1.98. The molecular weight excluding hydrogens is 362 g/mol. The highest BCUT2D eigenvalue weighted by atomic mass is 16.1. The van der Waals surface area contributed by atoms with Crippen molar-refractivity contribution >= 4 is 17.0 Å². The molecule has 0 saturated carbocycles. The first-order chi connectivity index (χ1) is 14.1. The Morgan fingerprint density at radius 3 is 2.52 bits per heavy atom. The van der Waals surface area contributed by atoms with E-state index in [2.05, 4.69) is 53.1 Å². The maximum absolute atomic E-state index is 12.7. The minimum atomic E-state index is -0.177. The second-order valence-electron chi connectivity index (χ2n) is 7.38. The van der Waals surface area contributed by atoms with Gasteiger partial charge in [0, 0.05) is 13.1 Å². The van der Waals surface area contributed by atoms with Gasteiger partial charge in [-0.3, -0.25) is 9.78 Å². The summed E-state index contributed by atoms with van der Waals surface area (Å²) in [5.41, 5.74) is 3.78. The van der Waals surface area contributed by atoms with Gasteiger partial charge in [-0.25, -0.2) is 4.68 Å². The maximum atomic E-state index is 12.7. The van der Waals surface area contributed by atoms with Gasteiger partial charge in [-0.15, -0.1) is 0 Å². The van der Waals surface area contributed by atoms with Crippen molar-refractivity contribution in [2.75, 3.05) is 11.9 Å². The third kappa shape index (κ3) is 3.78. The molecule has 2 heterocycles. The van der Waals surface area contributed by atoms with Crippen LogP contribution >= 0.6 is 0 Å². The van der Waals surface area contributed by atoms with Crippen molar-refractivity contribution in [3.63, 3.8) is 0 Å². The monoisotopic (exact) mass is 387 g/mol. The van der Waals surface area contributed by atoms with Crippen LogP contribution in [-0.2, 0) is 6.42 Å². The first-order valence-corrected chi connectivity index (χ1v) is 9.88. The largest absolute Gasteiger partial charge is 0.342 e. The molecule has 6 heteroatoms. The van der Waals surface area contributed by atoms with E-state index in [4.69, 9.17) is 4.98 Å². The fraction of sp³-hybridized carbons (Fsp3) is 0.261. The van der Waals surface area contributed by atoms with E-state index >= 15 is 0 Å². The Bertz CT molecular complexity index is 1160. The quantitative estimate of drug-likeness (QED) is 0.545. The number of hydrogen-bond donors (Lipinski definition) is 1. The van der Waals surface area contributed by atoms with E-state index < -0.39 is 0 Å². The fourth-order valence-electron chi connectivity index (χ4n) is 3.56. The maximum Gasteiger partial charge on any atom is 0.263 e. The number of anilines is 1. The van der Waals surface area contributed by atoms with E-state index in [-0.39, 0.29) is 11.6 Å². The smallest absolute Gasteiger partial charge is 0.263 e. The number of aryl methyl sites for hydroxylation is 1. The number of benzene rings is 2. The summed E-state index contributed by atoms with van der Waals surface area (Å²) in [6.45, 7) is 4.24. The molecule has 0 aliphatic carbocycles. The molecule has 148 valence electrons. The number of nitrogens with one attached hydrogen (secondary N) is 1. The lowest BCUT2D eigenvalue weighted by molar-refractivity contribution is 0.594. The van der Waals surface area contributed by atoms with E-state index in [1.165, 1.54) is 11.1 Å². The van der Waals surface area contributed by atoms with Crippen molar-refractivity contribution < 1.29 is 0 Å². The predicted octanol–water partition coefficient (Wildman–Crippen LogP) is 3.87. The summed E-state index contributed by atoms with van der Waals surface area (Å²) < 4.78 is 1.71. The summed E-state index contributed by atoms with van der Waals surface area (Å²) in [4.78, 5) is 22.4. The van der Waals surface area contributed by atoms with Crippen molar-refractivity contribution in [1.29, 1.82) is 0 Å².